The number of nitrogens with zero attached hydrogens (tertiary/aromatic N) is 1. The van der Waals surface area contributed by atoms with Crippen LogP contribution in [0.25, 0.3) is 0 Å². The Bertz CT molecular complexity index is 327. The first-order chi connectivity index (χ1) is 10.8. The van der Waals surface area contributed by atoms with Gasteiger partial charge in [-0.2, -0.15) is 0 Å². The van der Waals surface area contributed by atoms with Crippen molar-refractivity contribution < 1.29 is 0 Å². The van der Waals surface area contributed by atoms with E-state index in [2.05, 4.69) is 124 Å². The van der Waals surface area contributed by atoms with Gasteiger partial charge in [0.05, 0.1) is 0 Å². The zero-order valence-corrected chi connectivity index (χ0v) is 22.2. The molecule has 0 saturated carbocycles. The molecule has 1 aliphatic heterocycles. The largest absolute Gasteiger partial charge is 0.296 e. The molecule has 0 amide bonds. The Hall–Kier alpha value is 0.755. The minimum Gasteiger partial charge on any atom is -0.296 e. The predicted octanol–water partition coefficient (Wildman–Crippen LogP) is 8.05. The lowest BCUT2D eigenvalue weighted by molar-refractivity contribution is -0.0565. The third-order valence-corrected chi connectivity index (χ3v) is 6.89. The van der Waals surface area contributed by atoms with Crippen LogP contribution in [0.1, 0.15) is 95.9 Å². The van der Waals surface area contributed by atoms with Crippen molar-refractivity contribution in [2.45, 2.75) is 120 Å². The summed E-state index contributed by atoms with van der Waals surface area (Å²) in [7, 11) is 2.28. The zero-order valence-electron chi connectivity index (χ0n) is 20.0. The Kier molecular flexibility index (Phi) is 12.2. The Balaban J connectivity index is 0. The molecule has 0 aromatic heterocycles. The minimum absolute atomic E-state index is 0.333. The van der Waals surface area contributed by atoms with Gasteiger partial charge in [0.2, 0.25) is 4.57 Å². The second-order valence-corrected chi connectivity index (χ2v) is 13.3. The molecule has 25 heavy (non-hydrogen) atoms. The molecule has 0 aromatic rings. The lowest BCUT2D eigenvalue weighted by atomic mass is 9.65. The molecule has 1 rings (SSSR count). The van der Waals surface area contributed by atoms with Crippen LogP contribution < -0.4 is 0 Å². The van der Waals surface area contributed by atoms with Gasteiger partial charge in [0.1, 0.15) is 0 Å². The molecule has 1 nitrogen and oxygen atoms in total. The fourth-order valence-electron chi connectivity index (χ4n) is 2.98. The van der Waals surface area contributed by atoms with Crippen LogP contribution in [0.2, 0.25) is 12.6 Å². The highest BCUT2D eigenvalue weighted by Gasteiger charge is 2.45. The molecule has 0 atom stereocenters. The molecule has 0 N–H and O–H groups in total. The maximum absolute atomic E-state index is 2.56. The fraction of sp³-hybridized carbons (Fsp3) is 1.00. The maximum atomic E-state index is 2.56. The average molecular weight is 465 g/mol. The number of likely N-dealkylation sites (tertiary alicyclic amines) is 1. The van der Waals surface area contributed by atoms with E-state index < -0.39 is 0 Å². The second kappa shape index (κ2) is 10.9. The van der Waals surface area contributed by atoms with Crippen LogP contribution in [-0.4, -0.2) is 27.6 Å². The maximum Gasteiger partial charge on any atom is 0.217 e. The summed E-state index contributed by atoms with van der Waals surface area (Å²) in [5.74, 6) is 2.50. The molecule has 0 spiro atoms. The van der Waals surface area contributed by atoms with E-state index >= 15 is 0 Å². The highest BCUT2D eigenvalue weighted by atomic mass is 127. The van der Waals surface area contributed by atoms with Gasteiger partial charge in [0, 0.05) is 11.1 Å². The van der Waals surface area contributed by atoms with Crippen LogP contribution in [0, 0.1) is 17.3 Å². The summed E-state index contributed by atoms with van der Waals surface area (Å²) in [6.45, 7) is 29.9. The Morgan fingerprint density at radius 1 is 0.920 bits per heavy atom. The number of piperidine rings is 1. The smallest absolute Gasteiger partial charge is 0.217 e. The summed E-state index contributed by atoms with van der Waals surface area (Å²) in [6, 6.07) is 0. The summed E-state index contributed by atoms with van der Waals surface area (Å²) in [5.41, 5.74) is 1.11. The van der Waals surface area contributed by atoms with Gasteiger partial charge >= 0.3 is 0 Å². The third kappa shape index (κ3) is 11.9. The van der Waals surface area contributed by atoms with Crippen molar-refractivity contribution in [3.63, 3.8) is 0 Å². The van der Waals surface area contributed by atoms with Gasteiger partial charge in [-0.25, -0.2) is 0 Å². The summed E-state index contributed by atoms with van der Waals surface area (Å²) >= 11 is 2.43. The second-order valence-electron chi connectivity index (χ2n) is 11.3. The lowest BCUT2D eigenvalue weighted by Crippen LogP contribution is -2.60. The molecule has 3 heteroatoms. The van der Waals surface area contributed by atoms with Crippen molar-refractivity contribution in [3.8, 4) is 0 Å². The van der Waals surface area contributed by atoms with E-state index in [1.54, 1.807) is 0 Å². The van der Waals surface area contributed by atoms with Gasteiger partial charge in [0.25, 0.3) is 0 Å². The van der Waals surface area contributed by atoms with Gasteiger partial charge in [-0.05, 0) is 64.8 Å². The van der Waals surface area contributed by atoms with Crippen molar-refractivity contribution in [1.29, 1.82) is 0 Å². The van der Waals surface area contributed by atoms with Crippen molar-refractivity contribution in [2.24, 2.45) is 17.3 Å². The van der Waals surface area contributed by atoms with Crippen molar-refractivity contribution in [1.82, 2.24) is 4.90 Å². The molecule has 0 unspecified atom stereocenters. The first-order valence-corrected chi connectivity index (χ1v) is 11.5. The normalized spacial score (nSPS) is 20.5. The number of halogens is 1. The zero-order chi connectivity index (χ0) is 20.8. The van der Waals surface area contributed by atoms with Crippen LogP contribution in [0.15, 0.2) is 0 Å². The molecule has 1 fully saturated rings. The summed E-state index contributed by atoms with van der Waals surface area (Å²) in [6.07, 6.45) is 2.63. The SMILES string of the molecule is CB(I)C(C)C.CC(C)C.CN1C(C)(C)CC(C(C)(C)C)CC1(C)C. The van der Waals surface area contributed by atoms with Gasteiger partial charge in [0.15, 0.2) is 0 Å². The van der Waals surface area contributed by atoms with E-state index in [9.17, 15) is 0 Å². The van der Waals surface area contributed by atoms with Crippen LogP contribution in [0.5, 0.6) is 0 Å². The first-order valence-electron chi connectivity index (χ1n) is 10.2. The van der Waals surface area contributed by atoms with E-state index in [4.69, 9.17) is 0 Å². The molecule has 1 saturated heterocycles. The van der Waals surface area contributed by atoms with Gasteiger partial charge in [-0.3, -0.25) is 4.90 Å². The molecule has 0 aromatic carbocycles. The molecule has 1 heterocycles. The van der Waals surface area contributed by atoms with Gasteiger partial charge in [-0.15, -0.1) is 22.4 Å². The van der Waals surface area contributed by atoms with Gasteiger partial charge < -0.3 is 0 Å². The number of rotatable bonds is 1. The van der Waals surface area contributed by atoms with Crippen molar-refractivity contribution in [3.05, 3.63) is 0 Å². The average Bonchev–Trinajstić information content (AvgIpc) is 2.33. The number of hydrogen-bond acceptors (Lipinski definition) is 1. The molecule has 0 bridgehead atoms. The van der Waals surface area contributed by atoms with E-state index in [-0.39, 0.29) is 0 Å². The fourth-order valence-corrected chi connectivity index (χ4v) is 2.98. The first kappa shape index (κ1) is 28.0. The molecule has 1 aliphatic rings. The predicted molar refractivity (Wildman–Crippen MR) is 129 cm³/mol. The topological polar surface area (TPSA) is 3.24 Å². The summed E-state index contributed by atoms with van der Waals surface area (Å²) in [5, 5.41) is 0. The molecule has 0 aliphatic carbocycles. The highest BCUT2D eigenvalue weighted by Crippen LogP contribution is 2.46. The van der Waals surface area contributed by atoms with E-state index in [0.29, 0.717) is 16.5 Å². The van der Waals surface area contributed by atoms with E-state index in [1.165, 1.54) is 12.8 Å². The van der Waals surface area contributed by atoms with Crippen LogP contribution in [0.4, 0.5) is 0 Å². The third-order valence-electron chi connectivity index (χ3n) is 5.45. The molecule has 152 valence electrons. The Morgan fingerprint density at radius 2 is 1.16 bits per heavy atom. The van der Waals surface area contributed by atoms with Crippen molar-refractivity contribution in [2.75, 3.05) is 7.05 Å². The van der Waals surface area contributed by atoms with E-state index in [0.717, 1.165) is 22.2 Å². The Labute approximate surface area is 175 Å². The summed E-state index contributed by atoms with van der Waals surface area (Å²) in [4.78, 5) is 2.56. The van der Waals surface area contributed by atoms with E-state index in [1.807, 2.05) is 0 Å². The standard InChI is InChI=1S/C14H29N.C4H10BI.C4H10/c1-12(2,3)11-9-13(4,5)15(8)14(6,7)10-11;1-4(2)5(3)6;1-4(2)3/h11H,9-10H2,1-8H3;4H,1-3H3;4H,1-3H3. The minimum atomic E-state index is 0.333. The lowest BCUT2D eigenvalue weighted by Gasteiger charge is -2.56. The van der Waals surface area contributed by atoms with Crippen LogP contribution >= 0.6 is 22.4 Å². The van der Waals surface area contributed by atoms with Crippen molar-refractivity contribution >= 4 is 26.9 Å². The quantitative estimate of drug-likeness (QED) is 0.280. The molecule has 0 radical (unpaired) electrons. The van der Waals surface area contributed by atoms with Crippen LogP contribution in [0.3, 0.4) is 0 Å². The molecular weight excluding hydrogens is 416 g/mol. The monoisotopic (exact) mass is 465 g/mol. The molecular formula is C22H49BIN. The van der Waals surface area contributed by atoms with Crippen LogP contribution in [-0.2, 0) is 0 Å². The van der Waals surface area contributed by atoms with Gasteiger partial charge in [-0.1, -0.05) is 68.0 Å². The summed E-state index contributed by atoms with van der Waals surface area (Å²) < 4.78 is 0.822. The highest BCUT2D eigenvalue weighted by molar-refractivity contribution is 14.1. The number of hydrogen-bond donors (Lipinski definition) is 0. The Morgan fingerprint density at radius 3 is 1.32 bits per heavy atom.